The van der Waals surface area contributed by atoms with Gasteiger partial charge >= 0.3 is 0 Å². The van der Waals surface area contributed by atoms with E-state index in [1.807, 2.05) is 25.1 Å². The SMILES string of the molecule is Cc1ccc(-c2ccccc2F)cc1C1=C(O)[C@@H]2CC[C@@H](C2)C1=O. The van der Waals surface area contributed by atoms with Gasteiger partial charge in [-0.15, -0.1) is 0 Å². The average Bonchev–Trinajstić information content (AvgIpc) is 3.03. The van der Waals surface area contributed by atoms with Crippen molar-refractivity contribution in [2.24, 2.45) is 11.8 Å². The van der Waals surface area contributed by atoms with Crippen LogP contribution in [0.4, 0.5) is 4.39 Å². The fraction of sp³-hybridized carbons (Fsp3) is 0.286. The van der Waals surface area contributed by atoms with E-state index in [9.17, 15) is 14.3 Å². The van der Waals surface area contributed by atoms with E-state index in [0.717, 1.165) is 36.0 Å². The monoisotopic (exact) mass is 322 g/mol. The smallest absolute Gasteiger partial charge is 0.169 e. The number of aliphatic hydroxyl groups excluding tert-OH is 1. The maximum absolute atomic E-state index is 14.1. The number of allylic oxidation sites excluding steroid dienone is 2. The Balaban J connectivity index is 1.87. The molecule has 0 amide bonds. The molecule has 0 radical (unpaired) electrons. The Labute approximate surface area is 140 Å². The molecule has 4 rings (SSSR count). The van der Waals surface area contributed by atoms with E-state index in [1.54, 1.807) is 18.2 Å². The van der Waals surface area contributed by atoms with Crippen LogP contribution in [0.25, 0.3) is 16.7 Å². The lowest BCUT2D eigenvalue weighted by molar-refractivity contribution is -0.117. The highest BCUT2D eigenvalue weighted by Gasteiger charge is 2.41. The van der Waals surface area contributed by atoms with E-state index >= 15 is 0 Å². The van der Waals surface area contributed by atoms with Gasteiger partial charge in [0.05, 0.1) is 5.57 Å². The lowest BCUT2D eigenvalue weighted by Crippen LogP contribution is -2.21. The fourth-order valence-electron chi connectivity index (χ4n) is 4.03. The number of aliphatic hydroxyl groups is 1. The first-order valence-electron chi connectivity index (χ1n) is 8.39. The Morgan fingerprint density at radius 3 is 2.58 bits per heavy atom. The molecule has 2 aliphatic carbocycles. The van der Waals surface area contributed by atoms with Gasteiger partial charge in [-0.05, 0) is 55.0 Å². The molecule has 0 unspecified atom stereocenters. The van der Waals surface area contributed by atoms with E-state index in [4.69, 9.17) is 0 Å². The minimum Gasteiger partial charge on any atom is -0.511 e. The van der Waals surface area contributed by atoms with Crippen LogP contribution in [0.15, 0.2) is 48.2 Å². The first kappa shape index (κ1) is 15.1. The first-order chi connectivity index (χ1) is 11.6. The minimum absolute atomic E-state index is 0.0254. The summed E-state index contributed by atoms with van der Waals surface area (Å²) in [6.45, 7) is 1.92. The Morgan fingerprint density at radius 2 is 1.79 bits per heavy atom. The number of hydrogen-bond acceptors (Lipinski definition) is 2. The van der Waals surface area contributed by atoms with Crippen molar-refractivity contribution in [1.82, 2.24) is 0 Å². The number of aryl methyl sites for hydroxylation is 1. The van der Waals surface area contributed by atoms with Crippen molar-refractivity contribution in [3.05, 3.63) is 65.2 Å². The molecule has 2 aliphatic rings. The third-order valence-electron chi connectivity index (χ3n) is 5.38. The second-order valence-corrected chi connectivity index (χ2v) is 6.84. The van der Waals surface area contributed by atoms with Crippen LogP contribution in [0, 0.1) is 24.6 Å². The lowest BCUT2D eigenvalue weighted by atomic mass is 9.81. The van der Waals surface area contributed by atoms with Crippen molar-refractivity contribution in [3.8, 4) is 11.1 Å². The predicted octanol–water partition coefficient (Wildman–Crippen LogP) is 5.07. The number of benzene rings is 2. The van der Waals surface area contributed by atoms with Gasteiger partial charge in [-0.1, -0.05) is 30.3 Å². The van der Waals surface area contributed by atoms with Crippen LogP contribution in [-0.4, -0.2) is 10.9 Å². The number of ketones is 1. The molecule has 3 heteroatoms. The molecule has 0 aromatic heterocycles. The molecule has 2 atom stereocenters. The summed E-state index contributed by atoms with van der Waals surface area (Å²) in [6, 6.07) is 12.2. The van der Waals surface area contributed by atoms with Crippen LogP contribution in [0.3, 0.4) is 0 Å². The topological polar surface area (TPSA) is 37.3 Å². The van der Waals surface area contributed by atoms with Crippen LogP contribution in [0.2, 0.25) is 0 Å². The van der Waals surface area contributed by atoms with Gasteiger partial charge < -0.3 is 5.11 Å². The fourth-order valence-corrected chi connectivity index (χ4v) is 4.03. The largest absolute Gasteiger partial charge is 0.511 e. The van der Waals surface area contributed by atoms with Crippen LogP contribution in [0.1, 0.15) is 30.4 Å². The molecule has 1 fully saturated rings. The molecule has 2 aromatic rings. The van der Waals surface area contributed by atoms with E-state index in [1.165, 1.54) is 6.07 Å². The number of halogens is 1. The standard InChI is InChI=1S/C21H19FO2/c1-12-6-7-13(16-4-2-3-5-18(16)22)11-17(12)19-20(23)14-8-9-15(10-14)21(19)24/h2-7,11,14-15,23H,8-10H2,1H3/t14-,15+/m1/s1. The molecule has 0 heterocycles. The highest BCUT2D eigenvalue weighted by molar-refractivity contribution is 6.23. The van der Waals surface area contributed by atoms with Crippen LogP contribution in [-0.2, 0) is 4.79 Å². The summed E-state index contributed by atoms with van der Waals surface area (Å²) in [4.78, 5) is 12.8. The normalized spacial score (nSPS) is 23.0. The Morgan fingerprint density at radius 1 is 1.04 bits per heavy atom. The summed E-state index contributed by atoms with van der Waals surface area (Å²) in [7, 11) is 0. The second-order valence-electron chi connectivity index (χ2n) is 6.84. The summed E-state index contributed by atoms with van der Waals surface area (Å²) in [5.74, 6) is 0.0924. The molecule has 1 N–H and O–H groups in total. The average molecular weight is 322 g/mol. The highest BCUT2D eigenvalue weighted by Crippen LogP contribution is 2.46. The third-order valence-corrected chi connectivity index (χ3v) is 5.38. The third kappa shape index (κ3) is 2.27. The second kappa shape index (κ2) is 5.59. The van der Waals surface area contributed by atoms with Crippen LogP contribution >= 0.6 is 0 Å². The van der Waals surface area contributed by atoms with E-state index in [2.05, 4.69) is 0 Å². The summed E-state index contributed by atoms with van der Waals surface area (Å²) in [5, 5.41) is 10.6. The quantitative estimate of drug-likeness (QED) is 0.838. The maximum Gasteiger partial charge on any atom is 0.169 e. The van der Waals surface area contributed by atoms with Gasteiger partial charge in [0.15, 0.2) is 5.78 Å². The van der Waals surface area contributed by atoms with Gasteiger partial charge in [0.1, 0.15) is 11.6 Å². The molecule has 1 saturated carbocycles. The number of Topliss-reactive ketones (excluding diaryl/α,β-unsaturated/α-hetero) is 1. The number of hydrogen-bond donors (Lipinski definition) is 1. The minimum atomic E-state index is -0.291. The first-order valence-corrected chi connectivity index (χ1v) is 8.39. The van der Waals surface area contributed by atoms with E-state index in [0.29, 0.717) is 11.1 Å². The van der Waals surface area contributed by atoms with Gasteiger partial charge in [0.25, 0.3) is 0 Å². The van der Waals surface area contributed by atoms with Crippen LogP contribution in [0.5, 0.6) is 0 Å². The molecule has 122 valence electrons. The van der Waals surface area contributed by atoms with Crippen molar-refractivity contribution in [2.45, 2.75) is 26.2 Å². The summed E-state index contributed by atoms with van der Waals surface area (Å²) in [5.41, 5.74) is 3.33. The van der Waals surface area contributed by atoms with Gasteiger partial charge in [0, 0.05) is 17.4 Å². The molecule has 0 aliphatic heterocycles. The van der Waals surface area contributed by atoms with E-state index in [-0.39, 0.29) is 29.2 Å². The molecule has 2 nitrogen and oxygen atoms in total. The maximum atomic E-state index is 14.1. The molecular weight excluding hydrogens is 303 g/mol. The van der Waals surface area contributed by atoms with Gasteiger partial charge in [-0.2, -0.15) is 0 Å². The van der Waals surface area contributed by atoms with Crippen molar-refractivity contribution in [3.63, 3.8) is 0 Å². The number of rotatable bonds is 2. The molecule has 2 aromatic carbocycles. The van der Waals surface area contributed by atoms with Crippen molar-refractivity contribution >= 4 is 11.4 Å². The lowest BCUT2D eigenvalue weighted by Gasteiger charge is -2.23. The molecule has 2 bridgehead atoms. The molecule has 0 spiro atoms. The summed E-state index contributed by atoms with van der Waals surface area (Å²) >= 11 is 0. The van der Waals surface area contributed by atoms with Gasteiger partial charge in [-0.25, -0.2) is 4.39 Å². The van der Waals surface area contributed by atoms with Crippen molar-refractivity contribution < 1.29 is 14.3 Å². The zero-order valence-electron chi connectivity index (χ0n) is 13.6. The number of carbonyl (C=O) groups is 1. The van der Waals surface area contributed by atoms with Crippen LogP contribution < -0.4 is 0 Å². The number of carbonyl (C=O) groups excluding carboxylic acids is 1. The zero-order chi connectivity index (χ0) is 16.8. The highest BCUT2D eigenvalue weighted by atomic mass is 19.1. The molecule has 0 saturated heterocycles. The Kier molecular flexibility index (Phi) is 3.52. The predicted molar refractivity (Wildman–Crippen MR) is 92.0 cm³/mol. The molecule has 24 heavy (non-hydrogen) atoms. The zero-order valence-corrected chi connectivity index (χ0v) is 13.6. The van der Waals surface area contributed by atoms with Gasteiger partial charge in [0.2, 0.25) is 0 Å². The Hall–Kier alpha value is -2.42. The molecular formula is C21H19FO2. The Bertz CT molecular complexity index is 866. The van der Waals surface area contributed by atoms with Crippen molar-refractivity contribution in [2.75, 3.05) is 0 Å². The van der Waals surface area contributed by atoms with Gasteiger partial charge in [-0.3, -0.25) is 4.79 Å². The van der Waals surface area contributed by atoms with E-state index < -0.39 is 0 Å². The summed E-state index contributed by atoms with van der Waals surface area (Å²) < 4.78 is 14.1. The number of fused-ring (bicyclic) bond motifs is 2. The summed E-state index contributed by atoms with van der Waals surface area (Å²) in [6.07, 6.45) is 2.49. The van der Waals surface area contributed by atoms with Crippen molar-refractivity contribution in [1.29, 1.82) is 0 Å².